The van der Waals surface area contributed by atoms with Crippen molar-refractivity contribution >= 4 is 5.91 Å². The van der Waals surface area contributed by atoms with E-state index >= 15 is 0 Å². The van der Waals surface area contributed by atoms with Crippen LogP contribution in [0.5, 0.6) is 0 Å². The Kier molecular flexibility index (Phi) is 5.06. The molecule has 0 spiro atoms. The molecule has 0 aliphatic carbocycles. The second kappa shape index (κ2) is 6.99. The predicted octanol–water partition coefficient (Wildman–Crippen LogP) is 2.86. The van der Waals surface area contributed by atoms with Gasteiger partial charge < -0.3 is 10.2 Å². The number of amides is 1. The van der Waals surface area contributed by atoms with Crippen molar-refractivity contribution in [2.75, 3.05) is 20.6 Å². The minimum absolute atomic E-state index is 0.0434. The van der Waals surface area contributed by atoms with Gasteiger partial charge in [-0.05, 0) is 31.8 Å². The van der Waals surface area contributed by atoms with Gasteiger partial charge in [0.1, 0.15) is 5.82 Å². The van der Waals surface area contributed by atoms with Crippen LogP contribution in [0.2, 0.25) is 0 Å². The molecule has 3 nitrogen and oxygen atoms in total. The lowest BCUT2D eigenvalue weighted by Crippen LogP contribution is -2.34. The standard InChI is InChI=1S/C17H19FN2O/c1-20(2)16(13-8-4-3-5-9-13)12-19-17(21)14-10-6-7-11-15(14)18/h3-11,16H,12H2,1-2H3,(H,19,21). The van der Waals surface area contributed by atoms with Gasteiger partial charge in [-0.15, -0.1) is 0 Å². The Hall–Kier alpha value is -2.20. The lowest BCUT2D eigenvalue weighted by Gasteiger charge is -2.25. The van der Waals surface area contributed by atoms with Crippen molar-refractivity contribution in [3.8, 4) is 0 Å². The number of carbonyl (C=O) groups is 1. The third-order valence-corrected chi connectivity index (χ3v) is 3.38. The molecule has 21 heavy (non-hydrogen) atoms. The summed E-state index contributed by atoms with van der Waals surface area (Å²) >= 11 is 0. The van der Waals surface area contributed by atoms with Gasteiger partial charge in [0.2, 0.25) is 0 Å². The molecular formula is C17H19FN2O. The molecule has 4 heteroatoms. The SMILES string of the molecule is CN(C)C(CNC(=O)c1ccccc1F)c1ccccc1. The van der Waals surface area contributed by atoms with Crippen molar-refractivity contribution in [3.63, 3.8) is 0 Å². The smallest absolute Gasteiger partial charge is 0.254 e. The molecule has 0 aliphatic heterocycles. The van der Waals surface area contributed by atoms with E-state index < -0.39 is 11.7 Å². The van der Waals surface area contributed by atoms with Crippen LogP contribution in [-0.4, -0.2) is 31.4 Å². The summed E-state index contributed by atoms with van der Waals surface area (Å²) < 4.78 is 13.6. The third-order valence-electron chi connectivity index (χ3n) is 3.38. The maximum atomic E-state index is 13.6. The largest absolute Gasteiger partial charge is 0.350 e. The first-order valence-corrected chi connectivity index (χ1v) is 6.83. The van der Waals surface area contributed by atoms with E-state index in [-0.39, 0.29) is 11.6 Å². The van der Waals surface area contributed by atoms with E-state index in [1.165, 1.54) is 12.1 Å². The second-order valence-corrected chi connectivity index (χ2v) is 5.08. The van der Waals surface area contributed by atoms with Gasteiger partial charge in [-0.25, -0.2) is 4.39 Å². The summed E-state index contributed by atoms with van der Waals surface area (Å²) in [5.74, 6) is -0.896. The van der Waals surface area contributed by atoms with Gasteiger partial charge in [0.05, 0.1) is 11.6 Å². The van der Waals surface area contributed by atoms with Gasteiger partial charge in [-0.2, -0.15) is 0 Å². The van der Waals surface area contributed by atoms with E-state index in [1.54, 1.807) is 12.1 Å². The zero-order chi connectivity index (χ0) is 15.2. The Morgan fingerprint density at radius 1 is 1.10 bits per heavy atom. The van der Waals surface area contributed by atoms with E-state index in [1.807, 2.05) is 49.3 Å². The lowest BCUT2D eigenvalue weighted by molar-refractivity contribution is 0.0938. The molecule has 1 atom stereocenters. The zero-order valence-corrected chi connectivity index (χ0v) is 12.2. The van der Waals surface area contributed by atoms with Gasteiger partial charge in [-0.3, -0.25) is 4.79 Å². The van der Waals surface area contributed by atoms with Crippen LogP contribution in [0.4, 0.5) is 4.39 Å². The number of likely N-dealkylation sites (N-methyl/N-ethyl adjacent to an activating group) is 1. The van der Waals surface area contributed by atoms with Crippen LogP contribution < -0.4 is 5.32 Å². The number of benzene rings is 2. The number of hydrogen-bond donors (Lipinski definition) is 1. The van der Waals surface area contributed by atoms with Crippen molar-refractivity contribution in [2.45, 2.75) is 6.04 Å². The van der Waals surface area contributed by atoms with E-state index in [9.17, 15) is 9.18 Å². The van der Waals surface area contributed by atoms with Gasteiger partial charge in [0.25, 0.3) is 5.91 Å². The second-order valence-electron chi connectivity index (χ2n) is 5.08. The molecular weight excluding hydrogens is 267 g/mol. The minimum atomic E-state index is -0.504. The highest BCUT2D eigenvalue weighted by Crippen LogP contribution is 2.17. The molecule has 0 radical (unpaired) electrons. The van der Waals surface area contributed by atoms with Crippen molar-refractivity contribution in [2.24, 2.45) is 0 Å². The third kappa shape index (κ3) is 3.89. The minimum Gasteiger partial charge on any atom is -0.350 e. The van der Waals surface area contributed by atoms with Crippen LogP contribution in [0.15, 0.2) is 54.6 Å². The number of hydrogen-bond acceptors (Lipinski definition) is 2. The molecule has 1 N–H and O–H groups in total. The molecule has 0 fully saturated rings. The van der Waals surface area contributed by atoms with Crippen molar-refractivity contribution in [3.05, 3.63) is 71.5 Å². The molecule has 0 saturated heterocycles. The molecule has 2 rings (SSSR count). The topological polar surface area (TPSA) is 32.3 Å². The highest BCUT2D eigenvalue weighted by atomic mass is 19.1. The van der Waals surface area contributed by atoms with Crippen molar-refractivity contribution in [1.29, 1.82) is 0 Å². The fourth-order valence-electron chi connectivity index (χ4n) is 2.20. The van der Waals surface area contributed by atoms with Gasteiger partial charge >= 0.3 is 0 Å². The first-order valence-electron chi connectivity index (χ1n) is 6.83. The Labute approximate surface area is 124 Å². The molecule has 0 aromatic heterocycles. The van der Waals surface area contributed by atoms with Gasteiger partial charge in [0, 0.05) is 6.54 Å². The van der Waals surface area contributed by atoms with Crippen LogP contribution in [0.25, 0.3) is 0 Å². The molecule has 0 aliphatic rings. The number of nitrogens with zero attached hydrogens (tertiary/aromatic N) is 1. The number of halogens is 1. The van der Waals surface area contributed by atoms with Crippen LogP contribution in [0.1, 0.15) is 22.0 Å². The van der Waals surface area contributed by atoms with Crippen LogP contribution in [0.3, 0.4) is 0 Å². The predicted molar refractivity (Wildman–Crippen MR) is 81.6 cm³/mol. The lowest BCUT2D eigenvalue weighted by atomic mass is 10.1. The summed E-state index contributed by atoms with van der Waals surface area (Å²) in [6, 6.07) is 15.9. The summed E-state index contributed by atoms with van der Waals surface area (Å²) in [6.07, 6.45) is 0. The van der Waals surface area contributed by atoms with Crippen molar-refractivity contribution in [1.82, 2.24) is 10.2 Å². The molecule has 0 saturated carbocycles. The molecule has 1 amide bonds. The van der Waals surface area contributed by atoms with E-state index in [4.69, 9.17) is 0 Å². The first-order chi connectivity index (χ1) is 10.1. The average Bonchev–Trinajstić information content (AvgIpc) is 2.48. The van der Waals surface area contributed by atoms with E-state index in [2.05, 4.69) is 5.32 Å². The molecule has 110 valence electrons. The molecule has 2 aromatic carbocycles. The highest BCUT2D eigenvalue weighted by Gasteiger charge is 2.16. The maximum Gasteiger partial charge on any atom is 0.254 e. The summed E-state index contributed by atoms with van der Waals surface area (Å²) in [5.41, 5.74) is 1.18. The number of carbonyl (C=O) groups excluding carboxylic acids is 1. The van der Waals surface area contributed by atoms with Crippen LogP contribution in [-0.2, 0) is 0 Å². The Morgan fingerprint density at radius 3 is 2.33 bits per heavy atom. The number of nitrogens with one attached hydrogen (secondary N) is 1. The summed E-state index contributed by atoms with van der Waals surface area (Å²) in [5, 5.41) is 2.80. The summed E-state index contributed by atoms with van der Waals surface area (Å²) in [7, 11) is 3.90. The molecule has 1 unspecified atom stereocenters. The zero-order valence-electron chi connectivity index (χ0n) is 12.2. The van der Waals surface area contributed by atoms with Crippen LogP contribution in [0, 0.1) is 5.82 Å². The van der Waals surface area contributed by atoms with Gasteiger partial charge in [0.15, 0.2) is 0 Å². The molecule has 0 heterocycles. The highest BCUT2D eigenvalue weighted by molar-refractivity contribution is 5.94. The first kappa shape index (κ1) is 15.2. The normalized spacial score (nSPS) is 12.2. The number of rotatable bonds is 5. The summed E-state index contributed by atoms with van der Waals surface area (Å²) in [6.45, 7) is 0.421. The Balaban J connectivity index is 2.06. The fraction of sp³-hybridized carbons (Fsp3) is 0.235. The molecule has 0 bridgehead atoms. The average molecular weight is 286 g/mol. The summed E-state index contributed by atoms with van der Waals surface area (Å²) in [4.78, 5) is 14.1. The Bertz CT molecular complexity index is 599. The fourth-order valence-corrected chi connectivity index (χ4v) is 2.20. The quantitative estimate of drug-likeness (QED) is 0.916. The Morgan fingerprint density at radius 2 is 1.71 bits per heavy atom. The van der Waals surface area contributed by atoms with E-state index in [0.29, 0.717) is 6.54 Å². The maximum absolute atomic E-state index is 13.6. The van der Waals surface area contributed by atoms with Crippen molar-refractivity contribution < 1.29 is 9.18 Å². The van der Waals surface area contributed by atoms with Gasteiger partial charge in [-0.1, -0.05) is 42.5 Å². The van der Waals surface area contributed by atoms with Crippen LogP contribution >= 0.6 is 0 Å². The monoisotopic (exact) mass is 286 g/mol. The molecule has 2 aromatic rings. The van der Waals surface area contributed by atoms with E-state index in [0.717, 1.165) is 5.56 Å².